The zero-order chi connectivity index (χ0) is 10.5. The summed E-state index contributed by atoms with van der Waals surface area (Å²) < 4.78 is 13.2. The van der Waals surface area contributed by atoms with Crippen LogP contribution in [0, 0.1) is 5.82 Å². The molecule has 15 heavy (non-hydrogen) atoms. The van der Waals surface area contributed by atoms with Crippen LogP contribution in [-0.4, -0.2) is 9.97 Å². The number of rotatable bonds is 3. The highest BCUT2D eigenvalue weighted by Gasteiger charge is 2.00. The Hall–Kier alpha value is -1.97. The van der Waals surface area contributed by atoms with Crippen LogP contribution in [0.4, 0.5) is 10.1 Å². The van der Waals surface area contributed by atoms with Crippen molar-refractivity contribution in [1.82, 2.24) is 9.97 Å². The lowest BCUT2D eigenvalue weighted by Crippen LogP contribution is -2.04. The fourth-order valence-corrected chi connectivity index (χ4v) is 1.20. The van der Waals surface area contributed by atoms with E-state index in [9.17, 15) is 4.39 Å². The van der Waals surface area contributed by atoms with E-state index in [2.05, 4.69) is 15.3 Å². The van der Waals surface area contributed by atoms with Crippen molar-refractivity contribution in [3.05, 3.63) is 54.4 Å². The SMILES string of the molecule is Fc1ccccc1NCc1ncccn1. The van der Waals surface area contributed by atoms with E-state index in [0.29, 0.717) is 18.1 Å². The quantitative estimate of drug-likeness (QED) is 0.831. The van der Waals surface area contributed by atoms with E-state index < -0.39 is 0 Å². The molecule has 0 unspecified atom stereocenters. The summed E-state index contributed by atoms with van der Waals surface area (Å²) in [4.78, 5) is 8.05. The number of hydrogen-bond acceptors (Lipinski definition) is 3. The molecule has 0 saturated carbocycles. The van der Waals surface area contributed by atoms with Crippen molar-refractivity contribution < 1.29 is 4.39 Å². The number of para-hydroxylation sites is 1. The van der Waals surface area contributed by atoms with Gasteiger partial charge in [0, 0.05) is 12.4 Å². The minimum atomic E-state index is -0.270. The van der Waals surface area contributed by atoms with Gasteiger partial charge in [-0.3, -0.25) is 0 Å². The molecule has 0 spiro atoms. The van der Waals surface area contributed by atoms with Gasteiger partial charge in [-0.25, -0.2) is 14.4 Å². The van der Waals surface area contributed by atoms with Gasteiger partial charge in [0.1, 0.15) is 11.6 Å². The van der Waals surface area contributed by atoms with Crippen molar-refractivity contribution in [2.24, 2.45) is 0 Å². The second-order valence-corrected chi connectivity index (χ2v) is 3.00. The van der Waals surface area contributed by atoms with E-state index >= 15 is 0 Å². The van der Waals surface area contributed by atoms with E-state index in [0.717, 1.165) is 0 Å². The molecular formula is C11H10FN3. The van der Waals surface area contributed by atoms with Gasteiger partial charge in [0.15, 0.2) is 0 Å². The maximum atomic E-state index is 13.2. The Morgan fingerprint density at radius 1 is 1.07 bits per heavy atom. The third kappa shape index (κ3) is 2.49. The first-order valence-corrected chi connectivity index (χ1v) is 4.60. The Morgan fingerprint density at radius 2 is 1.80 bits per heavy atom. The van der Waals surface area contributed by atoms with Crippen LogP contribution < -0.4 is 5.32 Å². The van der Waals surface area contributed by atoms with Gasteiger partial charge in [-0.2, -0.15) is 0 Å². The molecule has 1 aromatic heterocycles. The molecule has 0 aliphatic heterocycles. The van der Waals surface area contributed by atoms with Gasteiger partial charge in [-0.05, 0) is 18.2 Å². The maximum absolute atomic E-state index is 13.2. The molecule has 0 fully saturated rings. The molecule has 4 heteroatoms. The molecule has 0 radical (unpaired) electrons. The van der Waals surface area contributed by atoms with Gasteiger partial charge < -0.3 is 5.32 Å². The molecule has 0 aliphatic rings. The summed E-state index contributed by atoms with van der Waals surface area (Å²) in [5.41, 5.74) is 0.463. The first-order chi connectivity index (χ1) is 7.36. The van der Waals surface area contributed by atoms with Gasteiger partial charge in [-0.15, -0.1) is 0 Å². The summed E-state index contributed by atoms with van der Waals surface area (Å²) in [5, 5.41) is 2.93. The molecule has 1 heterocycles. The number of aromatic nitrogens is 2. The number of hydrogen-bond donors (Lipinski definition) is 1. The number of nitrogens with zero attached hydrogens (tertiary/aromatic N) is 2. The maximum Gasteiger partial charge on any atom is 0.147 e. The number of anilines is 1. The fourth-order valence-electron chi connectivity index (χ4n) is 1.20. The highest BCUT2D eigenvalue weighted by molar-refractivity contribution is 5.44. The van der Waals surface area contributed by atoms with Crippen molar-refractivity contribution >= 4 is 5.69 Å². The molecule has 0 saturated heterocycles. The predicted octanol–water partition coefficient (Wildman–Crippen LogP) is 2.23. The molecule has 1 aromatic carbocycles. The predicted molar refractivity (Wildman–Crippen MR) is 55.8 cm³/mol. The van der Waals surface area contributed by atoms with Gasteiger partial charge in [0.2, 0.25) is 0 Å². The summed E-state index contributed by atoms with van der Waals surface area (Å²) in [6.07, 6.45) is 3.32. The van der Waals surface area contributed by atoms with Crippen molar-refractivity contribution in [3.8, 4) is 0 Å². The van der Waals surface area contributed by atoms with Crippen LogP contribution in [0.25, 0.3) is 0 Å². The molecule has 0 aliphatic carbocycles. The lowest BCUT2D eigenvalue weighted by atomic mass is 10.3. The van der Waals surface area contributed by atoms with Crippen molar-refractivity contribution in [1.29, 1.82) is 0 Å². The summed E-state index contributed by atoms with van der Waals surface area (Å²) in [5.74, 6) is 0.370. The number of benzene rings is 1. The van der Waals surface area contributed by atoms with Crippen LogP contribution in [0.15, 0.2) is 42.7 Å². The topological polar surface area (TPSA) is 37.8 Å². The Labute approximate surface area is 87.0 Å². The lowest BCUT2D eigenvalue weighted by Gasteiger charge is -2.05. The third-order valence-electron chi connectivity index (χ3n) is 1.93. The first kappa shape index (κ1) is 9.58. The molecular weight excluding hydrogens is 193 g/mol. The summed E-state index contributed by atoms with van der Waals surface area (Å²) in [6, 6.07) is 8.26. The van der Waals surface area contributed by atoms with Crippen LogP contribution in [0.1, 0.15) is 5.82 Å². The van der Waals surface area contributed by atoms with Crippen LogP contribution in [0.2, 0.25) is 0 Å². The summed E-state index contributed by atoms with van der Waals surface area (Å²) in [6.45, 7) is 0.418. The average molecular weight is 203 g/mol. The summed E-state index contributed by atoms with van der Waals surface area (Å²) >= 11 is 0. The van der Waals surface area contributed by atoms with E-state index in [1.807, 2.05) is 0 Å². The van der Waals surface area contributed by atoms with Gasteiger partial charge in [0.05, 0.1) is 12.2 Å². The van der Waals surface area contributed by atoms with Gasteiger partial charge in [-0.1, -0.05) is 12.1 Å². The monoisotopic (exact) mass is 203 g/mol. The molecule has 2 rings (SSSR count). The molecule has 0 bridgehead atoms. The van der Waals surface area contributed by atoms with E-state index in [4.69, 9.17) is 0 Å². The molecule has 0 atom stereocenters. The minimum absolute atomic E-state index is 0.270. The number of halogens is 1. The lowest BCUT2D eigenvalue weighted by molar-refractivity contribution is 0.630. The summed E-state index contributed by atoms with van der Waals surface area (Å²) in [7, 11) is 0. The highest BCUT2D eigenvalue weighted by Crippen LogP contribution is 2.12. The van der Waals surface area contributed by atoms with Crippen LogP contribution in [0.5, 0.6) is 0 Å². The van der Waals surface area contributed by atoms with Crippen molar-refractivity contribution in [2.75, 3.05) is 5.32 Å². The molecule has 1 N–H and O–H groups in total. The Morgan fingerprint density at radius 3 is 2.53 bits per heavy atom. The zero-order valence-electron chi connectivity index (χ0n) is 8.02. The second kappa shape index (κ2) is 4.50. The second-order valence-electron chi connectivity index (χ2n) is 3.00. The normalized spacial score (nSPS) is 9.93. The molecule has 2 aromatic rings. The molecule has 0 amide bonds. The largest absolute Gasteiger partial charge is 0.375 e. The highest BCUT2D eigenvalue weighted by atomic mass is 19.1. The Balaban J connectivity index is 2.03. The van der Waals surface area contributed by atoms with E-state index in [-0.39, 0.29) is 5.82 Å². The zero-order valence-corrected chi connectivity index (χ0v) is 8.02. The fraction of sp³-hybridized carbons (Fsp3) is 0.0909. The molecule has 3 nitrogen and oxygen atoms in total. The Kier molecular flexibility index (Phi) is 2.88. The van der Waals surface area contributed by atoms with Crippen LogP contribution in [-0.2, 0) is 6.54 Å². The smallest absolute Gasteiger partial charge is 0.147 e. The standard InChI is InChI=1S/C11H10FN3/c12-9-4-1-2-5-10(9)15-8-11-13-6-3-7-14-11/h1-7,15H,8H2. The van der Waals surface area contributed by atoms with Crippen molar-refractivity contribution in [2.45, 2.75) is 6.54 Å². The van der Waals surface area contributed by atoms with Crippen LogP contribution in [0.3, 0.4) is 0 Å². The van der Waals surface area contributed by atoms with Crippen LogP contribution >= 0.6 is 0 Å². The minimum Gasteiger partial charge on any atom is -0.375 e. The van der Waals surface area contributed by atoms with E-state index in [1.165, 1.54) is 6.07 Å². The van der Waals surface area contributed by atoms with Crippen molar-refractivity contribution in [3.63, 3.8) is 0 Å². The van der Waals surface area contributed by atoms with Gasteiger partial charge >= 0.3 is 0 Å². The van der Waals surface area contributed by atoms with E-state index in [1.54, 1.807) is 36.7 Å². The molecule has 76 valence electrons. The first-order valence-electron chi connectivity index (χ1n) is 4.60. The number of nitrogens with one attached hydrogen (secondary N) is 1. The average Bonchev–Trinajstić information content (AvgIpc) is 2.29. The Bertz CT molecular complexity index is 431. The third-order valence-corrected chi connectivity index (χ3v) is 1.93. The van der Waals surface area contributed by atoms with Gasteiger partial charge in [0.25, 0.3) is 0 Å².